The van der Waals surface area contributed by atoms with Crippen molar-refractivity contribution < 1.29 is 17.9 Å². The SMILES string of the molecule is COc1c(/C=C/N(c2ccccc2C(=O)N(C)C)S(C)(=O)=O)cc(-c2ccc[nH]c2=O)cc1C(C)(C)C. The molecule has 0 saturated heterocycles. The van der Waals surface area contributed by atoms with Gasteiger partial charge in [0.1, 0.15) is 5.75 Å². The van der Waals surface area contributed by atoms with Crippen molar-refractivity contribution in [3.05, 3.63) is 88.0 Å². The number of carbonyl (C=O) groups is 1. The normalized spacial score (nSPS) is 12.0. The average molecular weight is 524 g/mol. The molecule has 8 nitrogen and oxygen atoms in total. The summed E-state index contributed by atoms with van der Waals surface area (Å²) in [5, 5.41) is 0. The van der Waals surface area contributed by atoms with Gasteiger partial charge in [0, 0.05) is 43.2 Å². The van der Waals surface area contributed by atoms with Gasteiger partial charge in [0.25, 0.3) is 11.5 Å². The number of benzene rings is 2. The van der Waals surface area contributed by atoms with E-state index in [1.54, 1.807) is 75.9 Å². The van der Waals surface area contributed by atoms with Crippen LogP contribution in [0, 0.1) is 0 Å². The first kappa shape index (κ1) is 27.7. The average Bonchev–Trinajstić information content (AvgIpc) is 2.82. The fourth-order valence-corrected chi connectivity index (χ4v) is 4.77. The van der Waals surface area contributed by atoms with Gasteiger partial charge in [-0.3, -0.25) is 9.59 Å². The standard InChI is InChI=1S/C28H33N3O5S/c1-28(2,3)23-18-20(21-12-10-15-29-26(21)32)17-19(25(23)36-6)14-16-31(37(7,34)35)24-13-9-8-11-22(24)27(33)30(4)5/h8-18H,1-7H3,(H,29,32)/b16-14+. The molecule has 1 amide bonds. The molecule has 196 valence electrons. The number of hydrogen-bond donors (Lipinski definition) is 1. The van der Waals surface area contributed by atoms with Crippen LogP contribution in [0.2, 0.25) is 0 Å². The van der Waals surface area contributed by atoms with E-state index < -0.39 is 10.0 Å². The summed E-state index contributed by atoms with van der Waals surface area (Å²) in [7, 11) is 0.948. The van der Waals surface area contributed by atoms with Gasteiger partial charge in [-0.25, -0.2) is 12.7 Å². The van der Waals surface area contributed by atoms with Gasteiger partial charge in [0.15, 0.2) is 0 Å². The van der Waals surface area contributed by atoms with Crippen molar-refractivity contribution >= 4 is 27.7 Å². The molecule has 37 heavy (non-hydrogen) atoms. The topological polar surface area (TPSA) is 99.8 Å². The molecule has 0 fully saturated rings. The lowest BCUT2D eigenvalue weighted by atomic mass is 9.83. The van der Waals surface area contributed by atoms with E-state index in [9.17, 15) is 18.0 Å². The minimum Gasteiger partial charge on any atom is -0.496 e. The highest BCUT2D eigenvalue weighted by Crippen LogP contribution is 2.38. The summed E-state index contributed by atoms with van der Waals surface area (Å²) in [5.41, 5.74) is 2.47. The van der Waals surface area contributed by atoms with Crippen LogP contribution in [0.4, 0.5) is 5.69 Å². The van der Waals surface area contributed by atoms with Gasteiger partial charge in [-0.2, -0.15) is 0 Å². The molecule has 3 rings (SSSR count). The summed E-state index contributed by atoms with van der Waals surface area (Å²) in [6.45, 7) is 6.09. The number of anilines is 1. The predicted molar refractivity (Wildman–Crippen MR) is 149 cm³/mol. The number of aromatic amines is 1. The van der Waals surface area contributed by atoms with E-state index in [4.69, 9.17) is 4.74 Å². The number of methoxy groups -OCH3 is 1. The minimum absolute atomic E-state index is 0.227. The molecule has 9 heteroatoms. The van der Waals surface area contributed by atoms with Crippen molar-refractivity contribution in [2.45, 2.75) is 26.2 Å². The Bertz CT molecular complexity index is 1500. The second-order valence-corrected chi connectivity index (χ2v) is 11.8. The summed E-state index contributed by atoms with van der Waals surface area (Å²) in [5.74, 6) is 0.238. The molecular formula is C28H33N3O5S. The molecule has 1 N–H and O–H groups in total. The zero-order valence-corrected chi connectivity index (χ0v) is 23.0. The summed E-state index contributed by atoms with van der Waals surface area (Å²) in [6.07, 6.45) is 5.66. The van der Waals surface area contributed by atoms with E-state index in [1.807, 2.05) is 26.8 Å². The van der Waals surface area contributed by atoms with Crippen LogP contribution in [0.5, 0.6) is 5.75 Å². The summed E-state index contributed by atoms with van der Waals surface area (Å²) in [4.78, 5) is 29.4. The maximum Gasteiger partial charge on any atom is 0.255 e. The Morgan fingerprint density at radius 3 is 2.30 bits per heavy atom. The number of carbonyl (C=O) groups excluding carboxylic acids is 1. The molecule has 0 aliphatic heterocycles. The second-order valence-electron chi connectivity index (χ2n) is 9.90. The van der Waals surface area contributed by atoms with Gasteiger partial charge in [-0.05, 0) is 53.5 Å². The van der Waals surface area contributed by atoms with Crippen molar-refractivity contribution in [2.75, 3.05) is 31.8 Å². The van der Waals surface area contributed by atoms with Gasteiger partial charge in [0.2, 0.25) is 10.0 Å². The van der Waals surface area contributed by atoms with Crippen LogP contribution in [-0.4, -0.2) is 51.7 Å². The number of aromatic nitrogens is 1. The van der Waals surface area contributed by atoms with Crippen LogP contribution in [0.25, 0.3) is 17.2 Å². The highest BCUT2D eigenvalue weighted by atomic mass is 32.2. The molecule has 0 aliphatic carbocycles. The monoisotopic (exact) mass is 523 g/mol. The number of nitrogens with zero attached hydrogens (tertiary/aromatic N) is 2. The van der Waals surface area contributed by atoms with Crippen LogP contribution < -0.4 is 14.6 Å². The number of para-hydroxylation sites is 1. The fraction of sp³-hybridized carbons (Fsp3) is 0.286. The smallest absolute Gasteiger partial charge is 0.255 e. The van der Waals surface area contributed by atoms with E-state index in [1.165, 1.54) is 11.1 Å². The molecule has 3 aromatic rings. The molecule has 2 aromatic carbocycles. The number of pyridine rings is 1. The maximum absolute atomic E-state index is 12.9. The lowest BCUT2D eigenvalue weighted by Gasteiger charge is -2.25. The van der Waals surface area contributed by atoms with Gasteiger partial charge < -0.3 is 14.6 Å². The first-order chi connectivity index (χ1) is 17.3. The maximum atomic E-state index is 12.9. The van der Waals surface area contributed by atoms with Crippen molar-refractivity contribution in [1.82, 2.24) is 9.88 Å². The molecule has 1 aromatic heterocycles. The number of hydrogen-bond acceptors (Lipinski definition) is 5. The quantitative estimate of drug-likeness (QED) is 0.492. The Morgan fingerprint density at radius 2 is 1.73 bits per heavy atom. The summed E-state index contributed by atoms with van der Waals surface area (Å²) >= 11 is 0. The molecule has 0 aliphatic rings. The van der Waals surface area contributed by atoms with Crippen LogP contribution in [0.1, 0.15) is 42.3 Å². The molecule has 1 heterocycles. The van der Waals surface area contributed by atoms with Crippen LogP contribution >= 0.6 is 0 Å². The lowest BCUT2D eigenvalue weighted by molar-refractivity contribution is 0.0828. The highest BCUT2D eigenvalue weighted by Gasteiger charge is 2.25. The van der Waals surface area contributed by atoms with Crippen LogP contribution in [0.15, 0.2) is 65.7 Å². The Hall–Kier alpha value is -3.85. The Morgan fingerprint density at radius 1 is 1.05 bits per heavy atom. The first-order valence-electron chi connectivity index (χ1n) is 11.6. The molecule has 0 saturated carbocycles. The van der Waals surface area contributed by atoms with Crippen molar-refractivity contribution in [1.29, 1.82) is 0 Å². The zero-order chi connectivity index (χ0) is 27.5. The van der Waals surface area contributed by atoms with E-state index in [0.29, 0.717) is 22.4 Å². The number of H-pyrrole nitrogens is 1. The molecule has 0 unspecified atom stereocenters. The number of ether oxygens (including phenoxy) is 1. The molecule has 0 radical (unpaired) electrons. The Balaban J connectivity index is 2.27. The van der Waals surface area contributed by atoms with E-state index in [2.05, 4.69) is 4.98 Å². The second kappa shape index (κ2) is 10.6. The number of amides is 1. The van der Waals surface area contributed by atoms with Gasteiger partial charge in [0.05, 0.1) is 24.6 Å². The molecule has 0 spiro atoms. The largest absolute Gasteiger partial charge is 0.496 e. The highest BCUT2D eigenvalue weighted by molar-refractivity contribution is 7.92. The molecule has 0 atom stereocenters. The van der Waals surface area contributed by atoms with Gasteiger partial charge in [-0.15, -0.1) is 0 Å². The number of nitrogens with one attached hydrogen (secondary N) is 1. The van der Waals surface area contributed by atoms with Crippen molar-refractivity contribution in [3.8, 4) is 16.9 Å². The van der Waals surface area contributed by atoms with Crippen molar-refractivity contribution in [3.63, 3.8) is 0 Å². The molecular weight excluding hydrogens is 490 g/mol. The zero-order valence-electron chi connectivity index (χ0n) is 22.2. The van der Waals surface area contributed by atoms with E-state index in [0.717, 1.165) is 16.1 Å². The predicted octanol–water partition coefficient (Wildman–Crippen LogP) is 4.49. The van der Waals surface area contributed by atoms with E-state index in [-0.39, 0.29) is 28.1 Å². The summed E-state index contributed by atoms with van der Waals surface area (Å²) in [6, 6.07) is 13.7. The van der Waals surface area contributed by atoms with Crippen LogP contribution in [0.3, 0.4) is 0 Å². The third kappa shape index (κ3) is 6.11. The Kier molecular flexibility index (Phi) is 7.97. The van der Waals surface area contributed by atoms with Crippen LogP contribution in [-0.2, 0) is 15.4 Å². The third-order valence-corrected chi connectivity index (χ3v) is 6.82. The number of sulfonamides is 1. The fourth-order valence-electron chi connectivity index (χ4n) is 3.97. The molecule has 0 bridgehead atoms. The summed E-state index contributed by atoms with van der Waals surface area (Å²) < 4.78 is 32.6. The van der Waals surface area contributed by atoms with Crippen molar-refractivity contribution in [2.24, 2.45) is 0 Å². The van der Waals surface area contributed by atoms with Gasteiger partial charge >= 0.3 is 0 Å². The lowest BCUT2D eigenvalue weighted by Crippen LogP contribution is -2.29. The van der Waals surface area contributed by atoms with Gasteiger partial charge in [-0.1, -0.05) is 32.9 Å². The minimum atomic E-state index is -3.82. The third-order valence-electron chi connectivity index (χ3n) is 5.78. The Labute approximate surface area is 218 Å². The van der Waals surface area contributed by atoms with E-state index >= 15 is 0 Å². The number of rotatable bonds is 7. The first-order valence-corrected chi connectivity index (χ1v) is 13.5.